The van der Waals surface area contributed by atoms with Crippen molar-refractivity contribution in [2.24, 2.45) is 0 Å². The number of nitrogens with one attached hydrogen (secondary N) is 1. The molecular weight excluding hydrogens is 260 g/mol. The lowest BCUT2D eigenvalue weighted by Gasteiger charge is -2.13. The number of hydrogen-bond acceptors (Lipinski definition) is 4. The molecule has 0 bridgehead atoms. The third kappa shape index (κ3) is 4.48. The van der Waals surface area contributed by atoms with Crippen molar-refractivity contribution in [1.29, 1.82) is 0 Å². The van der Waals surface area contributed by atoms with Gasteiger partial charge in [-0.15, -0.1) is 11.3 Å². The van der Waals surface area contributed by atoms with E-state index in [4.69, 9.17) is 0 Å². The molecule has 0 unspecified atom stereocenters. The molecule has 6 heteroatoms. The highest BCUT2D eigenvalue weighted by Crippen LogP contribution is 2.08. The van der Waals surface area contributed by atoms with E-state index in [2.05, 4.69) is 15.4 Å². The van der Waals surface area contributed by atoms with Gasteiger partial charge in [-0.05, 0) is 26.3 Å². The molecule has 0 radical (unpaired) electrons. The number of nitrogens with zero attached hydrogens (tertiary/aromatic N) is 3. The highest BCUT2D eigenvalue weighted by Gasteiger charge is 2.10. The van der Waals surface area contributed by atoms with Gasteiger partial charge in [-0.25, -0.2) is 4.98 Å². The molecule has 102 valence electrons. The molecule has 2 rings (SSSR count). The topological polar surface area (TPSA) is 59.8 Å². The van der Waals surface area contributed by atoms with Gasteiger partial charge in [-0.3, -0.25) is 9.48 Å². The third-order valence-electron chi connectivity index (χ3n) is 2.77. The molecule has 1 atom stereocenters. The summed E-state index contributed by atoms with van der Waals surface area (Å²) in [6, 6.07) is 2.03. The minimum Gasteiger partial charge on any atom is -0.353 e. The molecular formula is C13H18N4OS. The molecule has 0 saturated heterocycles. The number of carbonyl (C=O) groups excluding carboxylic acids is 1. The zero-order valence-corrected chi connectivity index (χ0v) is 12.0. The van der Waals surface area contributed by atoms with Gasteiger partial charge in [0.15, 0.2) is 0 Å². The van der Waals surface area contributed by atoms with Gasteiger partial charge in [-0.2, -0.15) is 5.10 Å². The molecule has 5 nitrogen and oxygen atoms in total. The maximum absolute atomic E-state index is 11.8. The van der Waals surface area contributed by atoms with Gasteiger partial charge in [-0.1, -0.05) is 0 Å². The first-order chi connectivity index (χ1) is 9.13. The maximum atomic E-state index is 11.8. The largest absolute Gasteiger partial charge is 0.353 e. The van der Waals surface area contributed by atoms with Crippen molar-refractivity contribution in [3.05, 3.63) is 34.5 Å². The van der Waals surface area contributed by atoms with E-state index in [9.17, 15) is 4.79 Å². The summed E-state index contributed by atoms with van der Waals surface area (Å²) in [5.41, 5.74) is 0.847. The van der Waals surface area contributed by atoms with E-state index in [-0.39, 0.29) is 11.9 Å². The van der Waals surface area contributed by atoms with Crippen molar-refractivity contribution in [2.75, 3.05) is 0 Å². The predicted octanol–water partition coefficient (Wildman–Crippen LogP) is 1.79. The number of carbonyl (C=O) groups is 1. The Hall–Kier alpha value is -1.69. The Bertz CT molecular complexity index is 520. The lowest BCUT2D eigenvalue weighted by molar-refractivity contribution is -0.121. The first-order valence-electron chi connectivity index (χ1n) is 6.31. The van der Waals surface area contributed by atoms with Gasteiger partial charge in [0.1, 0.15) is 0 Å². The Labute approximate surface area is 116 Å². The molecule has 0 aliphatic rings. The zero-order valence-electron chi connectivity index (χ0n) is 11.2. The lowest BCUT2D eigenvalue weighted by atomic mass is 10.2. The van der Waals surface area contributed by atoms with Crippen LogP contribution in [0.3, 0.4) is 0 Å². The molecule has 0 aromatic carbocycles. The first kappa shape index (κ1) is 13.7. The molecule has 1 amide bonds. The van der Waals surface area contributed by atoms with Gasteiger partial charge in [0.2, 0.25) is 5.91 Å². The number of thiazole rings is 1. The number of rotatable bonds is 6. The number of aromatic nitrogens is 3. The Morgan fingerprint density at radius 3 is 3.05 bits per heavy atom. The van der Waals surface area contributed by atoms with E-state index in [1.807, 2.05) is 36.2 Å². The summed E-state index contributed by atoms with van der Waals surface area (Å²) in [6.07, 6.45) is 4.90. The van der Waals surface area contributed by atoms with E-state index in [0.717, 1.165) is 23.7 Å². The van der Waals surface area contributed by atoms with Crippen LogP contribution < -0.4 is 5.32 Å². The zero-order chi connectivity index (χ0) is 13.7. The first-order valence-corrected chi connectivity index (χ1v) is 7.19. The smallest absolute Gasteiger partial charge is 0.226 e. The highest BCUT2D eigenvalue weighted by atomic mass is 32.1. The Morgan fingerprint density at radius 2 is 2.42 bits per heavy atom. The molecule has 0 aliphatic heterocycles. The lowest BCUT2D eigenvalue weighted by Crippen LogP contribution is -2.34. The van der Waals surface area contributed by atoms with Gasteiger partial charge in [0, 0.05) is 30.4 Å². The fraction of sp³-hybridized carbons (Fsp3) is 0.462. The Kier molecular flexibility index (Phi) is 4.68. The Balaban J connectivity index is 1.72. The molecule has 1 N–H and O–H groups in total. The van der Waals surface area contributed by atoms with Crippen LogP contribution in [0.2, 0.25) is 0 Å². The summed E-state index contributed by atoms with van der Waals surface area (Å²) < 4.78 is 1.87. The second-order valence-corrected chi connectivity index (χ2v) is 5.62. The number of hydrogen-bond donors (Lipinski definition) is 1. The fourth-order valence-electron chi connectivity index (χ4n) is 1.81. The summed E-state index contributed by atoms with van der Waals surface area (Å²) in [5.74, 6) is 0.0262. The van der Waals surface area contributed by atoms with Crippen LogP contribution in [0.4, 0.5) is 0 Å². The van der Waals surface area contributed by atoms with Gasteiger partial charge in [0.05, 0.1) is 17.1 Å². The molecule has 0 saturated carbocycles. The summed E-state index contributed by atoms with van der Waals surface area (Å²) in [6.45, 7) is 4.76. The molecule has 0 aliphatic carbocycles. The van der Waals surface area contributed by atoms with Crippen LogP contribution in [0.15, 0.2) is 23.8 Å². The second kappa shape index (κ2) is 6.47. The predicted molar refractivity (Wildman–Crippen MR) is 75.0 cm³/mol. The third-order valence-corrected chi connectivity index (χ3v) is 3.59. The molecule has 2 aromatic rings. The van der Waals surface area contributed by atoms with E-state index in [1.165, 1.54) is 0 Å². The second-order valence-electron chi connectivity index (χ2n) is 4.56. The van der Waals surface area contributed by atoms with Crippen molar-refractivity contribution >= 4 is 17.2 Å². The van der Waals surface area contributed by atoms with Crippen LogP contribution in [0.1, 0.15) is 24.0 Å². The molecule has 0 fully saturated rings. The highest BCUT2D eigenvalue weighted by molar-refractivity contribution is 7.09. The Morgan fingerprint density at radius 1 is 1.58 bits per heavy atom. The van der Waals surface area contributed by atoms with Crippen molar-refractivity contribution in [3.8, 4) is 0 Å². The quantitative estimate of drug-likeness (QED) is 0.876. The SMILES string of the molecule is Cc1nc(CC(=O)N[C@@H](C)CCn2cccn2)cs1. The van der Waals surface area contributed by atoms with Crippen molar-refractivity contribution < 1.29 is 4.79 Å². The van der Waals surface area contributed by atoms with Crippen LogP contribution >= 0.6 is 11.3 Å². The van der Waals surface area contributed by atoms with E-state index in [0.29, 0.717) is 6.42 Å². The van der Waals surface area contributed by atoms with Crippen molar-refractivity contribution in [2.45, 2.75) is 39.3 Å². The van der Waals surface area contributed by atoms with Crippen LogP contribution in [-0.2, 0) is 17.8 Å². The van der Waals surface area contributed by atoms with Crippen LogP contribution in [0, 0.1) is 6.92 Å². The maximum Gasteiger partial charge on any atom is 0.226 e. The molecule has 2 aromatic heterocycles. The summed E-state index contributed by atoms with van der Waals surface area (Å²) in [4.78, 5) is 16.1. The average molecular weight is 278 g/mol. The minimum absolute atomic E-state index is 0.0262. The standard InChI is InChI=1S/C13H18N4OS/c1-10(4-7-17-6-3-5-14-17)15-13(18)8-12-9-19-11(2)16-12/h3,5-6,9-10H,4,7-8H2,1-2H3,(H,15,18)/t10-/m0/s1. The average Bonchev–Trinajstić information content (AvgIpc) is 2.98. The normalized spacial score (nSPS) is 12.3. The van der Waals surface area contributed by atoms with Crippen LogP contribution in [0.5, 0.6) is 0 Å². The van der Waals surface area contributed by atoms with Gasteiger partial charge in [0.25, 0.3) is 0 Å². The van der Waals surface area contributed by atoms with E-state index >= 15 is 0 Å². The summed E-state index contributed by atoms with van der Waals surface area (Å²) >= 11 is 1.57. The van der Waals surface area contributed by atoms with Crippen molar-refractivity contribution in [3.63, 3.8) is 0 Å². The molecule has 2 heterocycles. The number of aryl methyl sites for hydroxylation is 2. The summed E-state index contributed by atoms with van der Waals surface area (Å²) in [7, 11) is 0. The monoisotopic (exact) mass is 278 g/mol. The van der Waals surface area contributed by atoms with E-state index in [1.54, 1.807) is 17.5 Å². The fourth-order valence-corrected chi connectivity index (χ4v) is 2.42. The summed E-state index contributed by atoms with van der Waals surface area (Å²) in [5, 5.41) is 10.0. The van der Waals surface area contributed by atoms with Crippen LogP contribution in [0.25, 0.3) is 0 Å². The van der Waals surface area contributed by atoms with Crippen molar-refractivity contribution in [1.82, 2.24) is 20.1 Å². The van der Waals surface area contributed by atoms with Gasteiger partial charge >= 0.3 is 0 Å². The van der Waals surface area contributed by atoms with Crippen LogP contribution in [-0.4, -0.2) is 26.7 Å². The minimum atomic E-state index is 0.0262. The molecule has 0 spiro atoms. The molecule has 19 heavy (non-hydrogen) atoms. The number of amides is 1. The van der Waals surface area contributed by atoms with Gasteiger partial charge < -0.3 is 5.32 Å². The van der Waals surface area contributed by atoms with E-state index < -0.39 is 0 Å².